The second-order valence-corrected chi connectivity index (χ2v) is 1.94. The second-order valence-electron chi connectivity index (χ2n) is 1.94. The van der Waals surface area contributed by atoms with E-state index in [-0.39, 0.29) is 0 Å². The molecule has 0 amide bonds. The van der Waals surface area contributed by atoms with Crippen molar-refractivity contribution in [2.45, 2.75) is 6.92 Å². The van der Waals surface area contributed by atoms with Gasteiger partial charge in [-0.3, -0.25) is 0 Å². The third-order valence-corrected chi connectivity index (χ3v) is 1.16. The zero-order valence-corrected chi connectivity index (χ0v) is 5.26. The van der Waals surface area contributed by atoms with Gasteiger partial charge in [-0.1, -0.05) is 12.1 Å². The second kappa shape index (κ2) is 2.09. The molecule has 1 rings (SSSR count). The van der Waals surface area contributed by atoms with E-state index in [0.29, 0.717) is 11.4 Å². The Morgan fingerprint density at radius 2 is 2.22 bits per heavy atom. The monoisotopic (exact) mass is 118 g/mol. The number of nitrogen functional groups attached to an aromatic ring is 1. The first kappa shape index (κ1) is 6.14. The molecule has 0 atom stereocenters. The van der Waals surface area contributed by atoms with Gasteiger partial charge in [0.25, 0.3) is 0 Å². The predicted molar refractivity (Wildman–Crippen MR) is 38.8 cm³/mol. The van der Waals surface area contributed by atoms with Gasteiger partial charge >= 0.3 is 0 Å². The number of aromatic nitrogens is 1. The van der Waals surface area contributed by atoms with Crippen molar-refractivity contribution in [2.75, 3.05) is 5.73 Å². The van der Waals surface area contributed by atoms with Crippen LogP contribution >= 0.6 is 0 Å². The van der Waals surface area contributed by atoms with E-state index in [4.69, 9.17) is 13.6 Å². The summed E-state index contributed by atoms with van der Waals surface area (Å²) in [4.78, 5) is 3.83. The quantitative estimate of drug-likeness (QED) is 0.477. The maximum absolute atomic E-state index is 5.43. The predicted octanol–water partition coefficient (Wildman–Crippen LogP) is -0.234. The minimum Gasteiger partial charge on any atom is -0.384 e. The number of anilines is 1. The topological polar surface area (TPSA) is 38.9 Å². The summed E-state index contributed by atoms with van der Waals surface area (Å²) in [5.41, 5.74) is 6.86. The van der Waals surface area contributed by atoms with Gasteiger partial charge in [0.1, 0.15) is 13.7 Å². The Morgan fingerprint density at radius 1 is 1.56 bits per heavy atom. The molecule has 0 spiro atoms. The van der Waals surface area contributed by atoms with E-state index in [1.807, 2.05) is 13.0 Å². The number of nitrogens with two attached hydrogens (primary N) is 1. The smallest absolute Gasteiger partial charge is 0.141 e. The van der Waals surface area contributed by atoms with E-state index in [0.717, 1.165) is 5.56 Å². The molecule has 0 saturated carbocycles. The van der Waals surface area contributed by atoms with Gasteiger partial charge in [-0.15, -0.1) is 0 Å². The molecule has 3 heteroatoms. The molecule has 0 unspecified atom stereocenters. The van der Waals surface area contributed by atoms with E-state index in [1.54, 1.807) is 6.07 Å². The molecule has 0 aromatic carbocycles. The SMILES string of the molecule is [B]c1ccc(C)c(N)n1. The zero-order chi connectivity index (χ0) is 6.85. The molecule has 9 heavy (non-hydrogen) atoms. The van der Waals surface area contributed by atoms with Crippen molar-refractivity contribution >= 4 is 19.3 Å². The molecule has 0 aliphatic heterocycles. The lowest BCUT2D eigenvalue weighted by Gasteiger charge is -1.97. The summed E-state index contributed by atoms with van der Waals surface area (Å²) < 4.78 is 0. The Balaban J connectivity index is 3.17. The Bertz CT molecular complexity index is 222. The largest absolute Gasteiger partial charge is 0.384 e. The molecule has 2 nitrogen and oxygen atoms in total. The molecule has 0 aliphatic carbocycles. The molecule has 0 fully saturated rings. The fraction of sp³-hybridized carbons (Fsp3) is 0.167. The molecule has 1 aromatic heterocycles. The number of hydrogen-bond donors (Lipinski definition) is 1. The van der Waals surface area contributed by atoms with Crippen LogP contribution in [0, 0.1) is 6.92 Å². The number of hydrogen-bond acceptors (Lipinski definition) is 2. The minimum absolute atomic E-state index is 0.470. The van der Waals surface area contributed by atoms with E-state index < -0.39 is 0 Å². The van der Waals surface area contributed by atoms with E-state index in [1.165, 1.54) is 0 Å². The lowest BCUT2D eigenvalue weighted by Crippen LogP contribution is -2.10. The van der Waals surface area contributed by atoms with Crippen LogP contribution in [0.15, 0.2) is 12.1 Å². The van der Waals surface area contributed by atoms with Gasteiger partial charge in [0.15, 0.2) is 0 Å². The molecule has 0 bridgehead atoms. The Kier molecular flexibility index (Phi) is 1.43. The highest BCUT2D eigenvalue weighted by Crippen LogP contribution is 2.00. The van der Waals surface area contributed by atoms with Crippen LogP contribution in [-0.4, -0.2) is 12.8 Å². The summed E-state index contributed by atoms with van der Waals surface area (Å²) in [5.74, 6) is 0.509. The molecular weight excluding hydrogens is 111 g/mol. The fourth-order valence-corrected chi connectivity index (χ4v) is 0.560. The minimum atomic E-state index is 0.470. The van der Waals surface area contributed by atoms with Gasteiger partial charge in [0.2, 0.25) is 0 Å². The fourth-order valence-electron chi connectivity index (χ4n) is 0.560. The van der Waals surface area contributed by atoms with Gasteiger partial charge in [-0.2, -0.15) is 0 Å². The highest BCUT2D eigenvalue weighted by atomic mass is 14.8. The van der Waals surface area contributed by atoms with Crippen molar-refractivity contribution in [3.8, 4) is 0 Å². The highest BCUT2D eigenvalue weighted by molar-refractivity contribution is 6.30. The molecule has 0 saturated heterocycles. The van der Waals surface area contributed by atoms with Crippen molar-refractivity contribution < 1.29 is 0 Å². The number of aryl methyl sites for hydroxylation is 1. The van der Waals surface area contributed by atoms with Gasteiger partial charge in [-0.05, 0) is 18.1 Å². The average Bonchev–Trinajstić information content (AvgIpc) is 1.80. The molecular formula is C6H7BN2. The average molecular weight is 118 g/mol. The zero-order valence-electron chi connectivity index (χ0n) is 5.26. The number of nitrogens with zero attached hydrogens (tertiary/aromatic N) is 1. The summed E-state index contributed by atoms with van der Waals surface area (Å²) >= 11 is 0. The first-order valence-corrected chi connectivity index (χ1v) is 2.69. The van der Waals surface area contributed by atoms with Gasteiger partial charge < -0.3 is 5.73 Å². The van der Waals surface area contributed by atoms with Gasteiger partial charge in [-0.25, -0.2) is 4.98 Å². The van der Waals surface area contributed by atoms with Crippen LogP contribution in [0.2, 0.25) is 0 Å². The third-order valence-electron chi connectivity index (χ3n) is 1.16. The lowest BCUT2D eigenvalue weighted by atomic mass is 10.0. The summed E-state index contributed by atoms with van der Waals surface area (Å²) in [6.07, 6.45) is 0. The van der Waals surface area contributed by atoms with E-state index in [9.17, 15) is 0 Å². The summed E-state index contributed by atoms with van der Waals surface area (Å²) in [7, 11) is 5.34. The van der Waals surface area contributed by atoms with Crippen LogP contribution in [0.1, 0.15) is 5.56 Å². The first-order valence-electron chi connectivity index (χ1n) is 2.69. The van der Waals surface area contributed by atoms with Crippen molar-refractivity contribution in [2.24, 2.45) is 0 Å². The Hall–Kier alpha value is -0.985. The molecule has 1 aromatic rings. The van der Waals surface area contributed by atoms with Crippen LogP contribution in [0.3, 0.4) is 0 Å². The molecule has 1 heterocycles. The maximum atomic E-state index is 5.43. The Morgan fingerprint density at radius 3 is 2.67 bits per heavy atom. The van der Waals surface area contributed by atoms with Crippen molar-refractivity contribution in [3.63, 3.8) is 0 Å². The lowest BCUT2D eigenvalue weighted by molar-refractivity contribution is 1.32. The number of pyridine rings is 1. The first-order chi connectivity index (χ1) is 4.20. The maximum Gasteiger partial charge on any atom is 0.141 e. The highest BCUT2D eigenvalue weighted by Gasteiger charge is 1.91. The van der Waals surface area contributed by atoms with Crippen molar-refractivity contribution in [3.05, 3.63) is 17.7 Å². The summed E-state index contributed by atoms with van der Waals surface area (Å²) in [5, 5.41) is 0. The van der Waals surface area contributed by atoms with Crippen molar-refractivity contribution in [1.29, 1.82) is 0 Å². The molecule has 0 aliphatic rings. The van der Waals surface area contributed by atoms with Crippen LogP contribution in [0.5, 0.6) is 0 Å². The van der Waals surface area contributed by atoms with E-state index >= 15 is 0 Å². The third kappa shape index (κ3) is 1.22. The summed E-state index contributed by atoms with van der Waals surface area (Å²) in [6.45, 7) is 1.89. The number of rotatable bonds is 0. The van der Waals surface area contributed by atoms with Crippen LogP contribution in [0.25, 0.3) is 0 Å². The van der Waals surface area contributed by atoms with Crippen LogP contribution in [-0.2, 0) is 0 Å². The van der Waals surface area contributed by atoms with Crippen molar-refractivity contribution in [1.82, 2.24) is 4.98 Å². The molecule has 44 valence electrons. The van der Waals surface area contributed by atoms with Gasteiger partial charge in [0.05, 0.1) is 0 Å². The van der Waals surface area contributed by atoms with Crippen LogP contribution in [0.4, 0.5) is 5.82 Å². The van der Waals surface area contributed by atoms with E-state index in [2.05, 4.69) is 4.98 Å². The van der Waals surface area contributed by atoms with Crippen LogP contribution < -0.4 is 11.3 Å². The standard InChI is InChI=1S/C6H7BN2/c1-4-2-3-5(7)9-6(4)8/h2-3H,1H3,(H2,8,9). The van der Waals surface area contributed by atoms with Gasteiger partial charge in [0, 0.05) is 0 Å². The summed E-state index contributed by atoms with van der Waals surface area (Å²) in [6, 6.07) is 3.57. The normalized spacial score (nSPS) is 9.44. The molecule has 2 N–H and O–H groups in total. The Labute approximate surface area is 55.5 Å². The molecule has 2 radical (unpaired) electrons.